The van der Waals surface area contributed by atoms with Crippen LogP contribution in [-0.2, 0) is 10.2 Å². The fourth-order valence-electron chi connectivity index (χ4n) is 5.05. The summed E-state index contributed by atoms with van der Waals surface area (Å²) >= 11 is 0. The zero-order valence-electron chi connectivity index (χ0n) is 18.3. The summed E-state index contributed by atoms with van der Waals surface area (Å²) in [6, 6.07) is 1.03. The van der Waals surface area contributed by atoms with Gasteiger partial charge in [0.25, 0.3) is 6.43 Å². The molecule has 2 aliphatic heterocycles. The molecule has 3 heterocycles. The fraction of sp³-hybridized carbons (Fsp3) is 0.739. The van der Waals surface area contributed by atoms with E-state index in [2.05, 4.69) is 22.6 Å². The van der Waals surface area contributed by atoms with Gasteiger partial charge in [0.1, 0.15) is 11.9 Å². The van der Waals surface area contributed by atoms with Crippen molar-refractivity contribution in [2.75, 3.05) is 18.4 Å². The van der Waals surface area contributed by atoms with Crippen LogP contribution < -0.4 is 5.32 Å². The van der Waals surface area contributed by atoms with E-state index in [-0.39, 0.29) is 23.3 Å². The molecule has 0 spiro atoms. The Kier molecular flexibility index (Phi) is 5.90. The van der Waals surface area contributed by atoms with E-state index >= 15 is 0 Å². The second-order valence-electron chi connectivity index (χ2n) is 10.1. The summed E-state index contributed by atoms with van der Waals surface area (Å²) in [4.78, 5) is 14.8. The van der Waals surface area contributed by atoms with Crippen LogP contribution in [0.25, 0.3) is 0 Å². The quantitative estimate of drug-likeness (QED) is 0.717. The Hall–Kier alpha value is -1.92. The molecule has 3 aliphatic rings. The van der Waals surface area contributed by atoms with Crippen molar-refractivity contribution in [3.05, 3.63) is 23.9 Å². The molecule has 1 N–H and O–H groups in total. The van der Waals surface area contributed by atoms with Crippen molar-refractivity contribution in [1.82, 2.24) is 14.7 Å². The van der Waals surface area contributed by atoms with Gasteiger partial charge in [-0.25, -0.2) is 13.5 Å². The highest BCUT2D eigenvalue weighted by molar-refractivity contribution is 5.79. The highest BCUT2D eigenvalue weighted by Gasteiger charge is 2.39. The van der Waals surface area contributed by atoms with Crippen LogP contribution in [-0.4, -0.2) is 46.1 Å². The van der Waals surface area contributed by atoms with Crippen molar-refractivity contribution in [2.45, 2.75) is 83.2 Å². The summed E-state index contributed by atoms with van der Waals surface area (Å²) in [6.45, 7) is 7.60. The Morgan fingerprint density at radius 2 is 1.93 bits per heavy atom. The summed E-state index contributed by atoms with van der Waals surface area (Å²) < 4.78 is 29.2. The minimum atomic E-state index is -2.44. The van der Waals surface area contributed by atoms with Crippen LogP contribution in [0.4, 0.5) is 14.6 Å². The zero-order chi connectivity index (χ0) is 21.5. The van der Waals surface area contributed by atoms with Crippen molar-refractivity contribution in [3.8, 4) is 0 Å². The number of amides is 1. The first-order valence-corrected chi connectivity index (χ1v) is 11.3. The molecule has 1 saturated heterocycles. The molecule has 166 valence electrons. The van der Waals surface area contributed by atoms with Crippen LogP contribution in [0.3, 0.4) is 0 Å². The third-order valence-electron chi connectivity index (χ3n) is 6.98. The Labute approximate surface area is 177 Å². The van der Waals surface area contributed by atoms with Gasteiger partial charge in [0, 0.05) is 36.5 Å². The maximum Gasteiger partial charge on any atom is 0.260 e. The third kappa shape index (κ3) is 4.26. The molecule has 1 aromatic rings. The van der Waals surface area contributed by atoms with Gasteiger partial charge in [0.15, 0.2) is 0 Å². The van der Waals surface area contributed by atoms with Gasteiger partial charge in [0.05, 0.1) is 5.69 Å². The first-order chi connectivity index (χ1) is 14.2. The molecule has 7 heteroatoms. The number of alkyl halides is 2. The van der Waals surface area contributed by atoms with Crippen LogP contribution in [0.2, 0.25) is 0 Å². The Morgan fingerprint density at radius 3 is 2.53 bits per heavy atom. The van der Waals surface area contributed by atoms with E-state index in [1.807, 2.05) is 31.7 Å². The first-order valence-electron chi connectivity index (χ1n) is 11.3. The Bertz CT molecular complexity index is 790. The van der Waals surface area contributed by atoms with E-state index < -0.39 is 12.5 Å². The van der Waals surface area contributed by atoms with Crippen molar-refractivity contribution in [3.63, 3.8) is 0 Å². The molecule has 0 saturated carbocycles. The highest BCUT2D eigenvalue weighted by atomic mass is 19.3. The van der Waals surface area contributed by atoms with E-state index in [0.29, 0.717) is 18.2 Å². The molecule has 3 atom stereocenters. The van der Waals surface area contributed by atoms with Gasteiger partial charge in [0.2, 0.25) is 5.91 Å². The monoisotopic (exact) mass is 420 g/mol. The number of hydrogen-bond acceptors (Lipinski definition) is 3. The fourth-order valence-corrected chi connectivity index (χ4v) is 5.05. The molecule has 0 bridgehead atoms. The largest absolute Gasteiger partial charge is 0.367 e. The minimum absolute atomic E-state index is 0.00381. The summed E-state index contributed by atoms with van der Waals surface area (Å²) in [6.07, 6.45) is 6.70. The number of nitrogens with zero attached hydrogens (tertiary/aromatic N) is 3. The number of piperidine rings is 1. The summed E-state index contributed by atoms with van der Waals surface area (Å²) in [5.74, 6) is 1.39. The first kappa shape index (κ1) is 21.3. The lowest BCUT2D eigenvalue weighted by atomic mass is 9.84. The lowest BCUT2D eigenvalue weighted by Gasteiger charge is -2.41. The van der Waals surface area contributed by atoms with E-state index in [0.717, 1.165) is 50.9 Å². The predicted molar refractivity (Wildman–Crippen MR) is 114 cm³/mol. The lowest BCUT2D eigenvalue weighted by molar-refractivity contribution is -0.137. The molecule has 0 unspecified atom stereocenters. The second-order valence-corrected chi connectivity index (χ2v) is 10.1. The number of likely N-dealkylation sites (tertiary alicyclic amines) is 1. The van der Waals surface area contributed by atoms with Gasteiger partial charge in [-0.2, -0.15) is 5.10 Å². The second kappa shape index (κ2) is 8.31. The maximum absolute atomic E-state index is 13.9. The predicted octanol–water partition coefficient (Wildman–Crippen LogP) is 4.77. The van der Waals surface area contributed by atoms with E-state index in [4.69, 9.17) is 0 Å². The summed E-state index contributed by atoms with van der Waals surface area (Å²) in [5, 5.41) is 8.01. The average Bonchev–Trinajstić information content (AvgIpc) is 3.18. The molecule has 0 aromatic carbocycles. The Balaban J connectivity index is 1.42. The van der Waals surface area contributed by atoms with E-state index in [1.165, 1.54) is 4.68 Å². The maximum atomic E-state index is 13.9. The van der Waals surface area contributed by atoms with Crippen molar-refractivity contribution in [1.29, 1.82) is 0 Å². The van der Waals surface area contributed by atoms with Crippen LogP contribution in [0, 0.1) is 11.8 Å². The standard InChI is InChI=1S/C23H34F2N4O/c1-23(2,3)19-14-20-26-17(13-18(21(24)25)29(20)27-19)15-9-11-28(12-10-15)22(30)16-7-5-4-6-8-16/h4-5,14-18,21,26H,6-13H2,1-3H3/t16-,17-,18+/m0/s1. The van der Waals surface area contributed by atoms with E-state index in [9.17, 15) is 13.6 Å². The Morgan fingerprint density at radius 1 is 1.20 bits per heavy atom. The molecule has 30 heavy (non-hydrogen) atoms. The number of hydrogen-bond donors (Lipinski definition) is 1. The molecule has 1 aliphatic carbocycles. The average molecular weight is 421 g/mol. The molecule has 5 nitrogen and oxygen atoms in total. The number of allylic oxidation sites excluding steroid dienone is 2. The molecule has 1 fully saturated rings. The highest BCUT2D eigenvalue weighted by Crippen LogP contribution is 2.38. The SMILES string of the molecule is CC(C)(C)c1cc2n(n1)[C@@H](C(F)F)C[C@@H](C1CCN(C(=O)[C@H]3CC=CCC3)CC1)N2. The molecular weight excluding hydrogens is 386 g/mol. The summed E-state index contributed by atoms with van der Waals surface area (Å²) in [5.41, 5.74) is 0.645. The minimum Gasteiger partial charge on any atom is -0.367 e. The molecular formula is C23H34F2N4O. The number of carbonyl (C=O) groups excluding carboxylic acids is 1. The van der Waals surface area contributed by atoms with Crippen LogP contribution in [0.5, 0.6) is 0 Å². The van der Waals surface area contributed by atoms with Crippen LogP contribution >= 0.6 is 0 Å². The van der Waals surface area contributed by atoms with Gasteiger partial charge in [-0.1, -0.05) is 32.9 Å². The van der Waals surface area contributed by atoms with Crippen molar-refractivity contribution < 1.29 is 13.6 Å². The molecule has 4 rings (SSSR count). The van der Waals surface area contributed by atoms with Crippen molar-refractivity contribution in [2.24, 2.45) is 11.8 Å². The third-order valence-corrected chi connectivity index (χ3v) is 6.98. The van der Waals surface area contributed by atoms with Gasteiger partial charge >= 0.3 is 0 Å². The van der Waals surface area contributed by atoms with E-state index in [1.54, 1.807) is 0 Å². The number of fused-ring (bicyclic) bond motifs is 1. The zero-order valence-corrected chi connectivity index (χ0v) is 18.3. The van der Waals surface area contributed by atoms with Crippen LogP contribution in [0.15, 0.2) is 18.2 Å². The number of carbonyl (C=O) groups is 1. The smallest absolute Gasteiger partial charge is 0.260 e. The molecule has 1 aromatic heterocycles. The number of rotatable bonds is 3. The van der Waals surface area contributed by atoms with Gasteiger partial charge in [-0.15, -0.1) is 0 Å². The lowest BCUT2D eigenvalue weighted by Crippen LogP contribution is -2.47. The van der Waals surface area contributed by atoms with Crippen molar-refractivity contribution >= 4 is 11.7 Å². The van der Waals surface area contributed by atoms with Gasteiger partial charge in [-0.05, 0) is 44.4 Å². The number of aromatic nitrogens is 2. The number of anilines is 1. The topological polar surface area (TPSA) is 50.2 Å². The number of nitrogens with one attached hydrogen (secondary N) is 1. The normalized spacial score (nSPS) is 27.8. The molecule has 1 amide bonds. The van der Waals surface area contributed by atoms with Gasteiger partial charge in [-0.3, -0.25) is 4.79 Å². The summed E-state index contributed by atoms with van der Waals surface area (Å²) in [7, 11) is 0. The molecule has 0 radical (unpaired) electrons. The number of halogens is 2. The van der Waals surface area contributed by atoms with Gasteiger partial charge < -0.3 is 10.2 Å². The van der Waals surface area contributed by atoms with Crippen LogP contribution in [0.1, 0.15) is 71.0 Å².